The van der Waals surface area contributed by atoms with E-state index in [4.69, 9.17) is 5.11 Å². The summed E-state index contributed by atoms with van der Waals surface area (Å²) < 4.78 is 42.3. The second-order valence-electron chi connectivity index (χ2n) is 5.05. The third-order valence-electron chi connectivity index (χ3n) is 3.33. The lowest BCUT2D eigenvalue weighted by atomic mass is 10.2. The summed E-state index contributed by atoms with van der Waals surface area (Å²) in [4.78, 5) is 0. The summed E-state index contributed by atoms with van der Waals surface area (Å²) >= 11 is 0. The number of hydrogen-bond donors (Lipinski definition) is 2. The predicted octanol–water partition coefficient (Wildman–Crippen LogP) is 3.00. The van der Waals surface area contributed by atoms with Crippen molar-refractivity contribution >= 4 is 5.82 Å². The fourth-order valence-electron chi connectivity index (χ4n) is 2.19. The number of aliphatic hydroxyl groups is 1. The van der Waals surface area contributed by atoms with Crippen molar-refractivity contribution in [3.63, 3.8) is 0 Å². The molecule has 0 radical (unpaired) electrons. The molecule has 23 heavy (non-hydrogen) atoms. The minimum Gasteiger partial charge on any atom is -0.406 e. The molecule has 0 saturated heterocycles. The van der Waals surface area contributed by atoms with E-state index in [0.717, 1.165) is 17.1 Å². The number of ether oxygens (including phenoxy) is 1. The maximum atomic E-state index is 12.2. The van der Waals surface area contributed by atoms with Crippen molar-refractivity contribution in [2.75, 3.05) is 11.9 Å². The maximum absolute atomic E-state index is 12.2. The summed E-state index contributed by atoms with van der Waals surface area (Å²) in [5.41, 5.74) is 2.40. The molecule has 8 heteroatoms. The van der Waals surface area contributed by atoms with Gasteiger partial charge in [0.15, 0.2) is 0 Å². The van der Waals surface area contributed by atoms with Crippen LogP contribution in [-0.2, 0) is 13.1 Å². The predicted molar refractivity (Wildman–Crippen MR) is 79.2 cm³/mol. The summed E-state index contributed by atoms with van der Waals surface area (Å²) in [7, 11) is 0. The van der Waals surface area contributed by atoms with Crippen LogP contribution in [0.2, 0.25) is 0 Å². The van der Waals surface area contributed by atoms with Crippen LogP contribution in [0.5, 0.6) is 5.75 Å². The molecular formula is C15H18F3N3O2. The standard InChI is InChI=1S/C15H18F3N3O2/c1-10-11(2)20-21(6-7-22)14(10)19-9-12-4-3-5-13(8-12)23-15(16,17)18/h3-5,8,19,22H,6-7,9H2,1-2H3. The molecule has 0 aliphatic rings. The molecule has 0 spiro atoms. The van der Waals surface area contributed by atoms with Crippen molar-refractivity contribution < 1.29 is 23.0 Å². The van der Waals surface area contributed by atoms with Gasteiger partial charge in [-0.05, 0) is 31.5 Å². The lowest BCUT2D eigenvalue weighted by Crippen LogP contribution is -2.17. The normalized spacial score (nSPS) is 11.6. The summed E-state index contributed by atoms with van der Waals surface area (Å²) in [5, 5.41) is 16.5. The van der Waals surface area contributed by atoms with Gasteiger partial charge in [-0.15, -0.1) is 13.2 Å². The molecule has 0 fully saturated rings. The van der Waals surface area contributed by atoms with Crippen LogP contribution in [0.3, 0.4) is 0 Å². The van der Waals surface area contributed by atoms with Gasteiger partial charge in [0.2, 0.25) is 0 Å². The van der Waals surface area contributed by atoms with E-state index in [2.05, 4.69) is 15.2 Å². The van der Waals surface area contributed by atoms with Crippen LogP contribution in [0.15, 0.2) is 24.3 Å². The molecule has 2 N–H and O–H groups in total. The third-order valence-corrected chi connectivity index (χ3v) is 3.33. The van der Waals surface area contributed by atoms with Crippen molar-refractivity contribution in [3.05, 3.63) is 41.1 Å². The Balaban J connectivity index is 2.11. The molecule has 0 amide bonds. The first-order valence-corrected chi connectivity index (χ1v) is 7.03. The fraction of sp³-hybridized carbons (Fsp3) is 0.400. The Bertz CT molecular complexity index is 668. The summed E-state index contributed by atoms with van der Waals surface area (Å²) in [5.74, 6) is 0.479. The number of benzene rings is 1. The van der Waals surface area contributed by atoms with Gasteiger partial charge in [0.05, 0.1) is 18.8 Å². The van der Waals surface area contributed by atoms with Crippen LogP contribution in [0.25, 0.3) is 0 Å². The number of anilines is 1. The van der Waals surface area contributed by atoms with Crippen molar-refractivity contribution in [1.29, 1.82) is 0 Å². The van der Waals surface area contributed by atoms with Gasteiger partial charge in [-0.1, -0.05) is 12.1 Å². The molecule has 2 aromatic rings. The summed E-state index contributed by atoms with van der Waals surface area (Å²) in [6.07, 6.45) is -4.71. The molecule has 1 heterocycles. The van der Waals surface area contributed by atoms with Crippen molar-refractivity contribution in [1.82, 2.24) is 9.78 Å². The topological polar surface area (TPSA) is 59.3 Å². The SMILES string of the molecule is Cc1nn(CCO)c(NCc2cccc(OC(F)(F)F)c2)c1C. The first kappa shape index (κ1) is 17.1. The highest BCUT2D eigenvalue weighted by atomic mass is 19.4. The number of aryl methyl sites for hydroxylation is 1. The zero-order valence-electron chi connectivity index (χ0n) is 12.8. The Hall–Kier alpha value is -2.22. The van der Waals surface area contributed by atoms with Gasteiger partial charge < -0.3 is 15.2 Å². The average molecular weight is 329 g/mol. The van der Waals surface area contributed by atoms with Crippen LogP contribution >= 0.6 is 0 Å². The Morgan fingerprint density at radius 3 is 2.70 bits per heavy atom. The second kappa shape index (κ2) is 6.91. The van der Waals surface area contributed by atoms with E-state index in [1.807, 2.05) is 13.8 Å². The Kier molecular flexibility index (Phi) is 5.15. The molecule has 0 bridgehead atoms. The molecule has 0 aliphatic carbocycles. The zero-order chi connectivity index (χ0) is 17.0. The Morgan fingerprint density at radius 1 is 1.30 bits per heavy atom. The van der Waals surface area contributed by atoms with E-state index in [1.165, 1.54) is 18.2 Å². The number of aromatic nitrogens is 2. The van der Waals surface area contributed by atoms with Crippen molar-refractivity contribution in [3.8, 4) is 5.75 Å². The first-order valence-electron chi connectivity index (χ1n) is 7.03. The molecule has 1 aromatic heterocycles. The number of halogens is 3. The molecule has 2 rings (SSSR count). The molecule has 126 valence electrons. The van der Waals surface area contributed by atoms with Gasteiger partial charge >= 0.3 is 6.36 Å². The number of rotatable bonds is 6. The molecular weight excluding hydrogens is 311 g/mol. The van der Waals surface area contributed by atoms with Gasteiger partial charge in [0, 0.05) is 12.1 Å². The average Bonchev–Trinajstić information content (AvgIpc) is 2.71. The van der Waals surface area contributed by atoms with Crippen LogP contribution in [-0.4, -0.2) is 27.9 Å². The number of aliphatic hydroxyl groups excluding tert-OH is 1. The summed E-state index contributed by atoms with van der Waals surface area (Å²) in [6, 6.07) is 5.78. The highest BCUT2D eigenvalue weighted by Crippen LogP contribution is 2.24. The van der Waals surface area contributed by atoms with Crippen LogP contribution in [0.4, 0.5) is 19.0 Å². The van der Waals surface area contributed by atoms with Crippen LogP contribution < -0.4 is 10.1 Å². The van der Waals surface area contributed by atoms with Gasteiger partial charge in [-0.2, -0.15) is 5.10 Å². The third kappa shape index (κ3) is 4.62. The largest absolute Gasteiger partial charge is 0.573 e. The number of hydrogen-bond acceptors (Lipinski definition) is 4. The quantitative estimate of drug-likeness (QED) is 0.855. The van der Waals surface area contributed by atoms with Gasteiger partial charge in [-0.25, -0.2) is 4.68 Å². The van der Waals surface area contributed by atoms with Gasteiger partial charge in [0.1, 0.15) is 11.6 Å². The van der Waals surface area contributed by atoms with Crippen molar-refractivity contribution in [2.45, 2.75) is 33.3 Å². The number of nitrogens with zero attached hydrogens (tertiary/aromatic N) is 2. The molecule has 0 atom stereocenters. The van der Waals surface area contributed by atoms with Gasteiger partial charge in [0.25, 0.3) is 0 Å². The Labute approximate surface area is 131 Å². The first-order chi connectivity index (χ1) is 10.8. The molecule has 0 unspecified atom stereocenters. The van der Waals surface area contributed by atoms with E-state index in [9.17, 15) is 13.2 Å². The lowest BCUT2D eigenvalue weighted by molar-refractivity contribution is -0.274. The van der Waals surface area contributed by atoms with E-state index in [1.54, 1.807) is 10.7 Å². The molecule has 0 aliphatic heterocycles. The summed E-state index contributed by atoms with van der Waals surface area (Å²) in [6.45, 7) is 4.35. The van der Waals surface area contributed by atoms with E-state index >= 15 is 0 Å². The Morgan fingerprint density at radius 2 is 2.04 bits per heavy atom. The molecule has 1 aromatic carbocycles. The molecule has 5 nitrogen and oxygen atoms in total. The van der Waals surface area contributed by atoms with Crippen LogP contribution in [0.1, 0.15) is 16.8 Å². The van der Waals surface area contributed by atoms with Crippen molar-refractivity contribution in [2.24, 2.45) is 0 Å². The number of alkyl halides is 3. The van der Waals surface area contributed by atoms with E-state index in [0.29, 0.717) is 18.7 Å². The molecule has 0 saturated carbocycles. The number of nitrogens with one attached hydrogen (secondary N) is 1. The second-order valence-corrected chi connectivity index (χ2v) is 5.05. The van der Waals surface area contributed by atoms with Gasteiger partial charge in [-0.3, -0.25) is 0 Å². The lowest BCUT2D eigenvalue weighted by Gasteiger charge is -2.12. The maximum Gasteiger partial charge on any atom is 0.573 e. The van der Waals surface area contributed by atoms with Crippen LogP contribution in [0, 0.1) is 13.8 Å². The minimum absolute atomic E-state index is 0.0514. The smallest absolute Gasteiger partial charge is 0.406 e. The fourth-order valence-corrected chi connectivity index (χ4v) is 2.19. The highest BCUT2D eigenvalue weighted by Gasteiger charge is 2.31. The van der Waals surface area contributed by atoms with E-state index < -0.39 is 6.36 Å². The monoisotopic (exact) mass is 329 g/mol. The van der Waals surface area contributed by atoms with E-state index in [-0.39, 0.29) is 12.4 Å². The zero-order valence-corrected chi connectivity index (χ0v) is 12.8. The minimum atomic E-state index is -4.71. The highest BCUT2D eigenvalue weighted by molar-refractivity contribution is 5.47.